The molecule has 2 fully saturated rings. The molecule has 1 aromatic heterocycles. The molecule has 1 aromatic carbocycles. The van der Waals surface area contributed by atoms with E-state index in [9.17, 15) is 14.4 Å². The molecule has 7 nitrogen and oxygen atoms in total. The van der Waals surface area contributed by atoms with Crippen LogP contribution in [0.25, 0.3) is 0 Å². The quantitative estimate of drug-likeness (QED) is 0.822. The van der Waals surface area contributed by atoms with Gasteiger partial charge in [0.05, 0.1) is 5.41 Å². The predicted molar refractivity (Wildman–Crippen MR) is 113 cm³/mol. The number of piperidine rings is 1. The molecule has 30 heavy (non-hydrogen) atoms. The molecular formula is C23H28N4O3. The molecule has 2 saturated heterocycles. The van der Waals surface area contributed by atoms with Crippen molar-refractivity contribution < 1.29 is 9.59 Å². The van der Waals surface area contributed by atoms with Crippen LogP contribution in [0.2, 0.25) is 0 Å². The Bertz CT molecular complexity index is 987. The molecule has 2 amide bonds. The van der Waals surface area contributed by atoms with Crippen molar-refractivity contribution in [3.05, 3.63) is 63.8 Å². The van der Waals surface area contributed by atoms with Crippen LogP contribution in [0.15, 0.2) is 41.3 Å². The van der Waals surface area contributed by atoms with Crippen LogP contribution in [0.3, 0.4) is 0 Å². The van der Waals surface area contributed by atoms with Gasteiger partial charge in [0.1, 0.15) is 11.4 Å². The number of H-pyrrole nitrogens is 1. The third-order valence-corrected chi connectivity index (χ3v) is 6.36. The monoisotopic (exact) mass is 408 g/mol. The number of aryl methyl sites for hydroxylation is 2. The van der Waals surface area contributed by atoms with Gasteiger partial charge < -0.3 is 14.8 Å². The molecular weight excluding hydrogens is 380 g/mol. The number of carbonyl (C=O) groups excluding carboxylic acids is 2. The average Bonchev–Trinajstić information content (AvgIpc) is 3.17. The molecule has 1 atom stereocenters. The minimum atomic E-state index is -0.508. The lowest BCUT2D eigenvalue weighted by atomic mass is 9.78. The van der Waals surface area contributed by atoms with Crippen molar-refractivity contribution >= 4 is 11.8 Å². The molecule has 7 heteroatoms. The summed E-state index contributed by atoms with van der Waals surface area (Å²) >= 11 is 0. The summed E-state index contributed by atoms with van der Waals surface area (Å²) < 4.78 is 0. The third-order valence-electron chi connectivity index (χ3n) is 6.36. The summed E-state index contributed by atoms with van der Waals surface area (Å²) in [5.41, 5.74) is 0.392. The fourth-order valence-electron chi connectivity index (χ4n) is 4.72. The van der Waals surface area contributed by atoms with Gasteiger partial charge in [0.15, 0.2) is 0 Å². The highest BCUT2D eigenvalue weighted by Crippen LogP contribution is 2.40. The summed E-state index contributed by atoms with van der Waals surface area (Å²) in [5.74, 6) is 0.297. The maximum absolute atomic E-state index is 13.3. The minimum absolute atomic E-state index is 0.0422. The second-order valence-electron chi connectivity index (χ2n) is 8.45. The van der Waals surface area contributed by atoms with Gasteiger partial charge in [-0.3, -0.25) is 14.4 Å². The Hall–Kier alpha value is -2.96. The zero-order valence-corrected chi connectivity index (χ0v) is 17.4. The van der Waals surface area contributed by atoms with E-state index < -0.39 is 11.0 Å². The van der Waals surface area contributed by atoms with E-state index in [0.717, 1.165) is 38.8 Å². The van der Waals surface area contributed by atoms with E-state index in [1.807, 2.05) is 23.1 Å². The Labute approximate surface area is 176 Å². The maximum atomic E-state index is 13.3. The van der Waals surface area contributed by atoms with Crippen LogP contribution in [0.5, 0.6) is 0 Å². The number of hydrogen-bond acceptors (Lipinski definition) is 4. The van der Waals surface area contributed by atoms with Crippen molar-refractivity contribution in [3.63, 3.8) is 0 Å². The van der Waals surface area contributed by atoms with Gasteiger partial charge in [0, 0.05) is 32.4 Å². The van der Waals surface area contributed by atoms with Crippen LogP contribution in [0, 0.1) is 12.3 Å². The van der Waals surface area contributed by atoms with Crippen molar-refractivity contribution in [2.45, 2.75) is 39.0 Å². The van der Waals surface area contributed by atoms with E-state index in [4.69, 9.17) is 0 Å². The zero-order chi connectivity index (χ0) is 21.1. The van der Waals surface area contributed by atoms with Gasteiger partial charge in [-0.15, -0.1) is 0 Å². The first-order valence-corrected chi connectivity index (χ1v) is 10.7. The molecule has 2 aliphatic rings. The maximum Gasteiger partial charge on any atom is 0.263 e. The highest BCUT2D eigenvalue weighted by atomic mass is 16.2. The standard InChI is InChI=1S/C23H28N4O3/c1-17-24-15-19(20(28)25-17)21(29)27-14-11-23(16-27)10-6-13-26(22(23)30)12-5-9-18-7-3-2-4-8-18/h2-4,7-8,15H,5-6,9-14,16H2,1H3,(H,24,25,28)/t23-/m0/s1. The van der Waals surface area contributed by atoms with Crippen molar-refractivity contribution in [3.8, 4) is 0 Å². The molecule has 0 radical (unpaired) electrons. The second kappa shape index (κ2) is 8.42. The van der Waals surface area contributed by atoms with Gasteiger partial charge in [0.25, 0.3) is 11.5 Å². The number of amides is 2. The van der Waals surface area contributed by atoms with Crippen molar-refractivity contribution in [2.75, 3.05) is 26.2 Å². The highest BCUT2D eigenvalue weighted by Gasteiger charge is 2.49. The Kier molecular flexibility index (Phi) is 5.70. The first-order chi connectivity index (χ1) is 14.5. The largest absolute Gasteiger partial charge is 0.342 e. The molecule has 1 spiro atoms. The lowest BCUT2D eigenvalue weighted by Gasteiger charge is -2.39. The van der Waals surface area contributed by atoms with E-state index in [-0.39, 0.29) is 17.4 Å². The molecule has 4 rings (SSSR count). The van der Waals surface area contributed by atoms with Crippen molar-refractivity contribution in [2.24, 2.45) is 5.41 Å². The van der Waals surface area contributed by atoms with Crippen LogP contribution < -0.4 is 5.56 Å². The normalized spacial score (nSPS) is 21.4. The third kappa shape index (κ3) is 4.01. The molecule has 1 N–H and O–H groups in total. The second-order valence-corrected chi connectivity index (χ2v) is 8.45. The number of aromatic nitrogens is 2. The number of nitrogens with zero attached hydrogens (tertiary/aromatic N) is 3. The van der Waals surface area contributed by atoms with Crippen LogP contribution >= 0.6 is 0 Å². The Morgan fingerprint density at radius 2 is 1.97 bits per heavy atom. The van der Waals surface area contributed by atoms with Gasteiger partial charge in [-0.2, -0.15) is 0 Å². The van der Waals surface area contributed by atoms with E-state index >= 15 is 0 Å². The molecule has 2 aromatic rings. The molecule has 0 saturated carbocycles. The van der Waals surface area contributed by atoms with Gasteiger partial charge in [-0.05, 0) is 44.6 Å². The van der Waals surface area contributed by atoms with Crippen molar-refractivity contribution in [1.29, 1.82) is 0 Å². The SMILES string of the molecule is Cc1ncc(C(=O)N2CC[C@@]3(CCCN(CCCc4ccccc4)C3=O)C2)c(=O)[nH]1. The Morgan fingerprint density at radius 1 is 1.17 bits per heavy atom. The fourth-order valence-corrected chi connectivity index (χ4v) is 4.72. The summed E-state index contributed by atoms with van der Waals surface area (Å²) in [5, 5.41) is 0. The van der Waals surface area contributed by atoms with E-state index in [2.05, 4.69) is 22.1 Å². The van der Waals surface area contributed by atoms with Gasteiger partial charge in [0.2, 0.25) is 5.91 Å². The average molecular weight is 409 g/mol. The predicted octanol–water partition coefficient (Wildman–Crippen LogP) is 2.17. The van der Waals surface area contributed by atoms with E-state index in [1.54, 1.807) is 11.8 Å². The van der Waals surface area contributed by atoms with Crippen LogP contribution in [-0.2, 0) is 11.2 Å². The van der Waals surface area contributed by atoms with Gasteiger partial charge >= 0.3 is 0 Å². The number of rotatable bonds is 5. The number of hydrogen-bond donors (Lipinski definition) is 1. The van der Waals surface area contributed by atoms with Crippen molar-refractivity contribution in [1.82, 2.24) is 19.8 Å². The van der Waals surface area contributed by atoms with Crippen LogP contribution in [0.1, 0.15) is 47.4 Å². The summed E-state index contributed by atoms with van der Waals surface area (Å²) in [7, 11) is 0. The van der Waals surface area contributed by atoms with Crippen LogP contribution in [0.4, 0.5) is 0 Å². The van der Waals surface area contributed by atoms with Gasteiger partial charge in [-0.25, -0.2) is 4.98 Å². The Morgan fingerprint density at radius 3 is 2.73 bits per heavy atom. The number of aromatic amines is 1. The highest BCUT2D eigenvalue weighted by molar-refractivity contribution is 5.95. The molecule has 3 heterocycles. The van der Waals surface area contributed by atoms with E-state index in [1.165, 1.54) is 11.8 Å². The lowest BCUT2D eigenvalue weighted by Crippen LogP contribution is -2.50. The number of nitrogens with one attached hydrogen (secondary N) is 1. The first-order valence-electron chi connectivity index (χ1n) is 10.7. The molecule has 2 aliphatic heterocycles. The Balaban J connectivity index is 1.39. The summed E-state index contributed by atoms with van der Waals surface area (Å²) in [6.07, 6.45) is 5.62. The number of carbonyl (C=O) groups is 2. The van der Waals surface area contributed by atoms with Crippen LogP contribution in [-0.4, -0.2) is 57.8 Å². The summed E-state index contributed by atoms with van der Waals surface area (Å²) in [4.78, 5) is 48.6. The summed E-state index contributed by atoms with van der Waals surface area (Å²) in [6.45, 7) is 4.08. The molecule has 0 unspecified atom stereocenters. The number of benzene rings is 1. The fraction of sp³-hybridized carbons (Fsp3) is 0.478. The summed E-state index contributed by atoms with van der Waals surface area (Å²) in [6, 6.07) is 10.3. The smallest absolute Gasteiger partial charge is 0.263 e. The van der Waals surface area contributed by atoms with Gasteiger partial charge in [-0.1, -0.05) is 30.3 Å². The molecule has 0 aliphatic carbocycles. The van der Waals surface area contributed by atoms with E-state index in [0.29, 0.717) is 25.3 Å². The molecule has 0 bridgehead atoms. The number of likely N-dealkylation sites (tertiary alicyclic amines) is 2. The first kappa shape index (κ1) is 20.3. The zero-order valence-electron chi connectivity index (χ0n) is 17.4. The topological polar surface area (TPSA) is 86.4 Å². The lowest BCUT2D eigenvalue weighted by molar-refractivity contribution is -0.145. The minimum Gasteiger partial charge on any atom is -0.342 e. The molecule has 158 valence electrons.